The molecule has 3 aromatic carbocycles. The fraction of sp³-hybridized carbons (Fsp3) is 0. The van der Waals surface area contributed by atoms with E-state index in [4.69, 9.17) is 27.6 Å². The van der Waals surface area contributed by atoms with Crippen molar-refractivity contribution in [2.75, 3.05) is 5.32 Å². The van der Waals surface area contributed by atoms with Crippen molar-refractivity contribution < 1.29 is 17.2 Å². The van der Waals surface area contributed by atoms with Crippen LogP contribution in [0, 0.1) is 5.82 Å². The average molecular weight is 463 g/mol. The van der Waals surface area contributed by atoms with Crippen LogP contribution >= 0.6 is 23.2 Å². The molecule has 152 valence electrons. The van der Waals surface area contributed by atoms with Crippen molar-refractivity contribution in [2.45, 2.75) is 9.92 Å². The molecule has 0 saturated heterocycles. The van der Waals surface area contributed by atoms with Crippen molar-refractivity contribution >= 4 is 44.6 Å². The highest BCUT2D eigenvalue weighted by Crippen LogP contribution is 2.34. The Kier molecular flexibility index (Phi) is 5.51. The molecule has 1 heterocycles. The maximum atomic E-state index is 13.3. The van der Waals surface area contributed by atoms with Gasteiger partial charge in [-0.05, 0) is 72.8 Å². The molecule has 0 aliphatic heterocycles. The first-order chi connectivity index (χ1) is 14.3. The number of oxazole rings is 1. The summed E-state index contributed by atoms with van der Waals surface area (Å²) in [4.78, 5) is 4.10. The number of hydrogen-bond donors (Lipinski definition) is 1. The zero-order valence-corrected chi connectivity index (χ0v) is 17.5. The van der Waals surface area contributed by atoms with Crippen molar-refractivity contribution in [2.24, 2.45) is 0 Å². The summed E-state index contributed by atoms with van der Waals surface area (Å²) in [6.45, 7) is 0. The second-order valence-electron chi connectivity index (χ2n) is 6.25. The molecule has 0 spiro atoms. The second-order valence-corrected chi connectivity index (χ2v) is 8.99. The highest BCUT2D eigenvalue weighted by Gasteiger charge is 2.29. The number of benzene rings is 3. The van der Waals surface area contributed by atoms with E-state index in [9.17, 15) is 12.8 Å². The first kappa shape index (κ1) is 20.4. The van der Waals surface area contributed by atoms with Gasteiger partial charge in [-0.2, -0.15) is 4.98 Å². The minimum atomic E-state index is -4.10. The van der Waals surface area contributed by atoms with Crippen LogP contribution in [-0.2, 0) is 9.84 Å². The van der Waals surface area contributed by atoms with E-state index in [1.807, 2.05) is 0 Å². The first-order valence-electron chi connectivity index (χ1n) is 8.63. The second kappa shape index (κ2) is 8.10. The summed E-state index contributed by atoms with van der Waals surface area (Å²) in [5.74, 6) is -0.536. The molecule has 9 heteroatoms. The van der Waals surface area contributed by atoms with Crippen LogP contribution in [0.1, 0.15) is 0 Å². The van der Waals surface area contributed by atoms with E-state index in [-0.39, 0.29) is 21.7 Å². The monoisotopic (exact) mass is 462 g/mol. The van der Waals surface area contributed by atoms with Gasteiger partial charge in [-0.1, -0.05) is 23.2 Å². The van der Waals surface area contributed by atoms with Gasteiger partial charge in [0.15, 0.2) is 0 Å². The minimum absolute atomic E-state index is 0.0772. The lowest BCUT2D eigenvalue weighted by Crippen LogP contribution is -2.05. The van der Waals surface area contributed by atoms with Crippen molar-refractivity contribution in [3.05, 3.63) is 88.7 Å². The van der Waals surface area contributed by atoms with Crippen molar-refractivity contribution in [3.8, 4) is 11.5 Å². The smallest absolute Gasteiger partial charge is 0.238 e. The molecule has 0 bridgehead atoms. The van der Waals surface area contributed by atoms with Crippen LogP contribution in [0.15, 0.2) is 87.1 Å². The van der Waals surface area contributed by atoms with Gasteiger partial charge in [0, 0.05) is 21.3 Å². The lowest BCUT2D eigenvalue weighted by Gasteiger charge is -2.06. The summed E-state index contributed by atoms with van der Waals surface area (Å²) in [5.41, 5.74) is 1.09. The van der Waals surface area contributed by atoms with E-state index < -0.39 is 15.7 Å². The summed E-state index contributed by atoms with van der Waals surface area (Å²) in [5, 5.41) is 3.64. The van der Waals surface area contributed by atoms with E-state index in [0.717, 1.165) is 12.1 Å². The number of halogens is 3. The Morgan fingerprint density at radius 2 is 1.40 bits per heavy atom. The van der Waals surface area contributed by atoms with E-state index in [1.54, 1.807) is 48.5 Å². The van der Waals surface area contributed by atoms with Crippen molar-refractivity contribution in [1.29, 1.82) is 0 Å². The van der Waals surface area contributed by atoms with Gasteiger partial charge in [0.25, 0.3) is 0 Å². The number of nitrogens with one attached hydrogen (secondary N) is 1. The van der Waals surface area contributed by atoms with Gasteiger partial charge in [0.2, 0.25) is 26.6 Å². The van der Waals surface area contributed by atoms with Crippen LogP contribution in [0.25, 0.3) is 11.5 Å². The van der Waals surface area contributed by atoms with Gasteiger partial charge < -0.3 is 9.73 Å². The fourth-order valence-corrected chi connectivity index (χ4v) is 4.18. The number of sulfone groups is 1. The molecule has 30 heavy (non-hydrogen) atoms. The minimum Gasteiger partial charge on any atom is -0.419 e. The third kappa shape index (κ3) is 4.18. The Labute approximate surface area is 182 Å². The Hall–Kier alpha value is -2.87. The predicted octanol–water partition coefficient (Wildman–Crippen LogP) is 6.36. The highest BCUT2D eigenvalue weighted by atomic mass is 35.5. The third-order valence-electron chi connectivity index (χ3n) is 4.17. The van der Waals surface area contributed by atoms with Gasteiger partial charge in [-0.15, -0.1) is 0 Å². The van der Waals surface area contributed by atoms with Crippen LogP contribution in [0.3, 0.4) is 0 Å². The van der Waals surface area contributed by atoms with Crippen LogP contribution in [-0.4, -0.2) is 13.4 Å². The number of hydrogen-bond acceptors (Lipinski definition) is 5. The maximum absolute atomic E-state index is 13.3. The summed E-state index contributed by atoms with van der Waals surface area (Å²) in [7, 11) is -4.10. The Morgan fingerprint density at radius 3 is 2.00 bits per heavy atom. The SMILES string of the molecule is O=S(=O)(c1ccc(F)cc1)c1nc(-c2ccc(Cl)cc2)oc1Nc1ccc(Cl)cc1. The van der Waals surface area contributed by atoms with Gasteiger partial charge in [0.05, 0.1) is 4.90 Å². The Bertz CT molecular complexity index is 1290. The van der Waals surface area contributed by atoms with Gasteiger partial charge in [-0.3, -0.25) is 0 Å². The molecular weight excluding hydrogens is 450 g/mol. The molecule has 0 amide bonds. The number of aromatic nitrogens is 1. The number of nitrogens with zero attached hydrogens (tertiary/aromatic N) is 1. The van der Waals surface area contributed by atoms with E-state index >= 15 is 0 Å². The molecule has 5 nitrogen and oxygen atoms in total. The molecule has 0 atom stereocenters. The Morgan fingerprint density at radius 1 is 0.833 bits per heavy atom. The molecule has 0 aliphatic rings. The lowest BCUT2D eigenvalue weighted by atomic mass is 10.2. The zero-order valence-electron chi connectivity index (χ0n) is 15.1. The van der Waals surface area contributed by atoms with Gasteiger partial charge in [0.1, 0.15) is 5.82 Å². The summed E-state index contributed by atoms with van der Waals surface area (Å²) in [6.07, 6.45) is 0. The van der Waals surface area contributed by atoms with Crippen LogP contribution in [0.2, 0.25) is 10.0 Å². The third-order valence-corrected chi connectivity index (χ3v) is 6.35. The van der Waals surface area contributed by atoms with Crippen LogP contribution in [0.4, 0.5) is 16.0 Å². The lowest BCUT2D eigenvalue weighted by molar-refractivity contribution is 0.581. The normalized spacial score (nSPS) is 11.4. The van der Waals surface area contributed by atoms with E-state index in [1.165, 1.54) is 12.1 Å². The topological polar surface area (TPSA) is 72.2 Å². The van der Waals surface area contributed by atoms with Crippen molar-refractivity contribution in [3.63, 3.8) is 0 Å². The summed E-state index contributed by atoms with van der Waals surface area (Å²) >= 11 is 11.8. The molecule has 0 unspecified atom stereocenters. The average Bonchev–Trinajstić information content (AvgIpc) is 3.15. The molecule has 0 saturated carbocycles. The summed E-state index contributed by atoms with van der Waals surface area (Å²) in [6, 6.07) is 17.7. The molecular formula is C21H13Cl2FN2O3S. The van der Waals surface area contributed by atoms with Crippen LogP contribution in [0.5, 0.6) is 0 Å². The zero-order chi connectivity index (χ0) is 21.3. The predicted molar refractivity (Wildman–Crippen MR) is 114 cm³/mol. The van der Waals surface area contributed by atoms with E-state index in [2.05, 4.69) is 10.3 Å². The quantitative estimate of drug-likeness (QED) is 0.349. The standard InChI is InChI=1S/C21H13Cl2FN2O3S/c22-14-3-1-13(2-4-14)19-26-21(30(27,28)18-11-7-16(24)8-12-18)20(29-19)25-17-9-5-15(23)6-10-17/h1-12,25H. The molecule has 1 N–H and O–H groups in total. The van der Waals surface area contributed by atoms with Crippen LogP contribution < -0.4 is 5.32 Å². The molecule has 0 aliphatic carbocycles. The number of rotatable bonds is 5. The highest BCUT2D eigenvalue weighted by molar-refractivity contribution is 7.91. The largest absolute Gasteiger partial charge is 0.419 e. The Balaban J connectivity index is 1.83. The fourth-order valence-electron chi connectivity index (χ4n) is 2.67. The summed E-state index contributed by atoms with van der Waals surface area (Å²) < 4.78 is 45.4. The van der Waals surface area contributed by atoms with E-state index in [0.29, 0.717) is 21.3 Å². The molecule has 4 rings (SSSR count). The molecule has 0 radical (unpaired) electrons. The maximum Gasteiger partial charge on any atom is 0.238 e. The molecule has 4 aromatic rings. The number of anilines is 2. The first-order valence-corrected chi connectivity index (χ1v) is 10.9. The van der Waals surface area contributed by atoms with Gasteiger partial charge in [-0.25, -0.2) is 12.8 Å². The van der Waals surface area contributed by atoms with Gasteiger partial charge >= 0.3 is 0 Å². The molecule has 1 aromatic heterocycles. The van der Waals surface area contributed by atoms with Crippen molar-refractivity contribution in [1.82, 2.24) is 4.98 Å². The molecule has 0 fully saturated rings.